The van der Waals surface area contributed by atoms with Gasteiger partial charge >= 0.3 is 0 Å². The number of thioether (sulfide) groups is 1. The fourth-order valence-electron chi connectivity index (χ4n) is 3.60. The van der Waals surface area contributed by atoms with Crippen molar-refractivity contribution in [1.29, 1.82) is 0 Å². The summed E-state index contributed by atoms with van der Waals surface area (Å²) in [5.41, 5.74) is 5.29. The Morgan fingerprint density at radius 1 is 1.00 bits per heavy atom. The van der Waals surface area contributed by atoms with Crippen molar-refractivity contribution in [2.75, 3.05) is 37.8 Å². The van der Waals surface area contributed by atoms with Gasteiger partial charge in [0.15, 0.2) is 0 Å². The smallest absolute Gasteiger partial charge is 0.254 e. The van der Waals surface area contributed by atoms with Gasteiger partial charge in [0.1, 0.15) is 0 Å². The molecule has 0 aliphatic carbocycles. The number of aryl methyl sites for hydroxylation is 2. The van der Waals surface area contributed by atoms with E-state index in [4.69, 9.17) is 0 Å². The minimum atomic E-state index is -0.0591. The van der Waals surface area contributed by atoms with E-state index < -0.39 is 0 Å². The van der Waals surface area contributed by atoms with Gasteiger partial charge in [-0.15, -0.1) is 11.8 Å². The van der Waals surface area contributed by atoms with Crippen LogP contribution in [0.3, 0.4) is 0 Å². The number of nitrogens with one attached hydrogen (secondary N) is 1. The van der Waals surface area contributed by atoms with E-state index in [0.29, 0.717) is 26.2 Å². The fourth-order valence-corrected chi connectivity index (χ4v) is 4.53. The summed E-state index contributed by atoms with van der Waals surface area (Å²) in [5, 5.41) is 3.23. The van der Waals surface area contributed by atoms with E-state index in [0.717, 1.165) is 39.4 Å². The van der Waals surface area contributed by atoms with Gasteiger partial charge in [-0.3, -0.25) is 14.9 Å². The highest BCUT2D eigenvalue weighted by molar-refractivity contribution is 7.99. The van der Waals surface area contributed by atoms with Gasteiger partial charge in [-0.05, 0) is 49.9 Å². The molecule has 1 atom stereocenters. The summed E-state index contributed by atoms with van der Waals surface area (Å²) >= 11 is 1.76. The van der Waals surface area contributed by atoms with Gasteiger partial charge in [0.2, 0.25) is 5.91 Å². The summed E-state index contributed by atoms with van der Waals surface area (Å²) in [6, 6.07) is 2.08. The van der Waals surface area contributed by atoms with E-state index in [1.165, 1.54) is 0 Å². The first kappa shape index (κ1) is 18.3. The molecule has 5 nitrogen and oxygen atoms in total. The molecule has 1 aromatic rings. The molecule has 0 radical (unpaired) electrons. The zero-order chi connectivity index (χ0) is 18.1. The molecule has 2 aliphatic rings. The molecule has 1 aromatic carbocycles. The molecular weight excluding hydrogens is 334 g/mol. The highest BCUT2D eigenvalue weighted by Crippen LogP contribution is 2.24. The Bertz CT molecular complexity index is 664. The quantitative estimate of drug-likeness (QED) is 0.874. The van der Waals surface area contributed by atoms with E-state index in [1.807, 2.05) is 23.6 Å². The fraction of sp³-hybridized carbons (Fsp3) is 0.579. The van der Waals surface area contributed by atoms with Crippen molar-refractivity contribution in [2.24, 2.45) is 0 Å². The second-order valence-electron chi connectivity index (χ2n) is 7.02. The van der Waals surface area contributed by atoms with Crippen molar-refractivity contribution in [3.63, 3.8) is 0 Å². The molecule has 1 N–H and O–H groups in total. The molecule has 0 aromatic heterocycles. The Hall–Kier alpha value is -1.53. The highest BCUT2D eigenvalue weighted by Gasteiger charge is 2.31. The molecule has 2 fully saturated rings. The largest absolute Gasteiger partial charge is 0.338 e. The average molecular weight is 362 g/mol. The number of nitrogens with zero attached hydrogens (tertiary/aromatic N) is 2. The molecule has 2 amide bonds. The van der Waals surface area contributed by atoms with E-state index in [1.54, 1.807) is 11.8 Å². The molecule has 0 spiro atoms. The zero-order valence-electron chi connectivity index (χ0n) is 15.5. The second kappa shape index (κ2) is 7.38. The minimum absolute atomic E-state index is 0.0591. The third-order valence-electron chi connectivity index (χ3n) is 5.47. The van der Waals surface area contributed by atoms with Crippen LogP contribution in [0, 0.1) is 27.7 Å². The maximum Gasteiger partial charge on any atom is 0.254 e. The zero-order valence-corrected chi connectivity index (χ0v) is 16.3. The first-order chi connectivity index (χ1) is 11.9. The Balaban J connectivity index is 1.69. The topological polar surface area (TPSA) is 52.7 Å². The van der Waals surface area contributed by atoms with Crippen LogP contribution in [-0.4, -0.2) is 65.5 Å². The minimum Gasteiger partial charge on any atom is -0.338 e. The van der Waals surface area contributed by atoms with Crippen molar-refractivity contribution >= 4 is 23.6 Å². The lowest BCUT2D eigenvalue weighted by Gasteiger charge is -2.36. The number of rotatable bonds is 2. The second-order valence-corrected chi connectivity index (χ2v) is 8.05. The highest BCUT2D eigenvalue weighted by atomic mass is 32.2. The van der Waals surface area contributed by atoms with Gasteiger partial charge in [-0.1, -0.05) is 6.07 Å². The number of carbonyl (C=O) groups is 2. The predicted octanol–water partition coefficient (Wildman–Crippen LogP) is 1.87. The molecule has 0 bridgehead atoms. The number of hydrogen-bond acceptors (Lipinski definition) is 4. The van der Waals surface area contributed by atoms with Gasteiger partial charge < -0.3 is 9.80 Å². The number of carbonyl (C=O) groups excluding carboxylic acids is 2. The summed E-state index contributed by atoms with van der Waals surface area (Å²) in [4.78, 5) is 29.4. The standard InChI is InChI=1S/C19H27N3O2S/c1-12-9-13(2)15(4)17(14(12)3)19(24)22-7-5-21(6-8-22)18(23)16-10-25-11-20-16/h9,16,20H,5-8,10-11H2,1-4H3. The summed E-state index contributed by atoms with van der Waals surface area (Å²) in [7, 11) is 0. The maximum atomic E-state index is 13.1. The molecule has 1 unspecified atom stereocenters. The number of amides is 2. The Labute approximate surface area is 154 Å². The van der Waals surface area contributed by atoms with Crippen LogP contribution in [0.5, 0.6) is 0 Å². The first-order valence-corrected chi connectivity index (χ1v) is 10.0. The molecule has 2 aliphatic heterocycles. The molecule has 6 heteroatoms. The van der Waals surface area contributed by atoms with Crippen molar-refractivity contribution < 1.29 is 9.59 Å². The number of piperazine rings is 1. The van der Waals surface area contributed by atoms with Crippen molar-refractivity contribution in [1.82, 2.24) is 15.1 Å². The summed E-state index contributed by atoms with van der Waals surface area (Å²) < 4.78 is 0. The Morgan fingerprint density at radius 3 is 2.08 bits per heavy atom. The lowest BCUT2D eigenvalue weighted by molar-refractivity contribution is -0.134. The van der Waals surface area contributed by atoms with Crippen molar-refractivity contribution in [2.45, 2.75) is 33.7 Å². The van der Waals surface area contributed by atoms with Crippen LogP contribution in [-0.2, 0) is 4.79 Å². The SMILES string of the molecule is Cc1cc(C)c(C)c(C(=O)N2CCN(C(=O)C3CSCN3)CC2)c1C. The molecule has 25 heavy (non-hydrogen) atoms. The summed E-state index contributed by atoms with van der Waals surface area (Å²) in [6.45, 7) is 10.6. The first-order valence-electron chi connectivity index (χ1n) is 8.86. The van der Waals surface area contributed by atoms with Crippen molar-refractivity contribution in [3.8, 4) is 0 Å². The van der Waals surface area contributed by atoms with Crippen LogP contribution >= 0.6 is 11.8 Å². The maximum absolute atomic E-state index is 13.1. The predicted molar refractivity (Wildman–Crippen MR) is 102 cm³/mol. The van der Waals surface area contributed by atoms with Crippen LogP contribution in [0.4, 0.5) is 0 Å². The van der Waals surface area contributed by atoms with Crippen LogP contribution in [0.15, 0.2) is 6.07 Å². The van der Waals surface area contributed by atoms with Gasteiger partial charge in [0, 0.05) is 43.4 Å². The summed E-state index contributed by atoms with van der Waals surface area (Å²) in [5.74, 6) is 1.97. The van der Waals surface area contributed by atoms with E-state index in [2.05, 4.69) is 25.2 Å². The molecule has 2 saturated heterocycles. The van der Waals surface area contributed by atoms with Crippen molar-refractivity contribution in [3.05, 3.63) is 33.9 Å². The average Bonchev–Trinajstić information content (AvgIpc) is 3.14. The monoisotopic (exact) mass is 361 g/mol. The lowest BCUT2D eigenvalue weighted by atomic mass is 9.93. The molecule has 3 rings (SSSR count). The van der Waals surface area contributed by atoms with Gasteiger partial charge in [0.05, 0.1) is 6.04 Å². The van der Waals surface area contributed by atoms with Gasteiger partial charge in [-0.25, -0.2) is 0 Å². The third kappa shape index (κ3) is 3.55. The van der Waals surface area contributed by atoms with Gasteiger partial charge in [0.25, 0.3) is 5.91 Å². The normalized spacial score (nSPS) is 20.9. The van der Waals surface area contributed by atoms with E-state index in [-0.39, 0.29) is 17.9 Å². The molecule has 136 valence electrons. The van der Waals surface area contributed by atoms with Crippen LogP contribution in [0.1, 0.15) is 32.6 Å². The number of benzene rings is 1. The molecular formula is C19H27N3O2S. The van der Waals surface area contributed by atoms with E-state index in [9.17, 15) is 9.59 Å². The molecule has 0 saturated carbocycles. The van der Waals surface area contributed by atoms with Crippen LogP contribution in [0.2, 0.25) is 0 Å². The van der Waals surface area contributed by atoms with Gasteiger partial charge in [-0.2, -0.15) is 0 Å². The lowest BCUT2D eigenvalue weighted by Crippen LogP contribution is -2.54. The third-order valence-corrected chi connectivity index (χ3v) is 6.41. The Kier molecular flexibility index (Phi) is 5.39. The van der Waals surface area contributed by atoms with Crippen LogP contribution < -0.4 is 5.32 Å². The molecule has 2 heterocycles. The Morgan fingerprint density at radius 2 is 1.56 bits per heavy atom. The van der Waals surface area contributed by atoms with Crippen LogP contribution in [0.25, 0.3) is 0 Å². The summed E-state index contributed by atoms with van der Waals surface area (Å²) in [6.07, 6.45) is 0. The van der Waals surface area contributed by atoms with E-state index >= 15 is 0 Å². The number of hydrogen-bond donors (Lipinski definition) is 1.